The number of aromatic nitrogens is 3. The van der Waals surface area contributed by atoms with E-state index < -0.39 is 5.23 Å². The fourth-order valence-corrected chi connectivity index (χ4v) is 3.08. The number of morpholine rings is 1. The Bertz CT molecular complexity index is 1070. The molecule has 2 heterocycles. The largest absolute Gasteiger partial charge is 0.595 e. The zero-order valence-corrected chi connectivity index (χ0v) is 17.7. The quantitative estimate of drug-likeness (QED) is 0.310. The van der Waals surface area contributed by atoms with E-state index in [4.69, 9.17) is 21.5 Å². The maximum absolute atomic E-state index is 11.1. The Morgan fingerprint density at radius 2 is 1.84 bits per heavy atom. The van der Waals surface area contributed by atoms with Crippen LogP contribution in [0.1, 0.15) is 5.56 Å². The van der Waals surface area contributed by atoms with Gasteiger partial charge in [-0.15, -0.1) is 0 Å². The van der Waals surface area contributed by atoms with Gasteiger partial charge in [0.25, 0.3) is 0 Å². The van der Waals surface area contributed by atoms with Gasteiger partial charge in [0.05, 0.1) is 19.4 Å². The molecule has 1 unspecified atom stereocenters. The Labute approximate surface area is 188 Å². The van der Waals surface area contributed by atoms with Crippen LogP contribution in [0.4, 0.5) is 29.2 Å². The lowest BCUT2D eigenvalue weighted by Crippen LogP contribution is -2.99. The van der Waals surface area contributed by atoms with E-state index in [2.05, 4.69) is 30.8 Å². The Kier molecular flexibility index (Phi) is 7.04. The first-order chi connectivity index (χ1) is 15.6. The Morgan fingerprint density at radius 3 is 2.59 bits per heavy atom. The topological polar surface area (TPSA) is 135 Å². The van der Waals surface area contributed by atoms with Crippen molar-refractivity contribution in [1.29, 1.82) is 0 Å². The summed E-state index contributed by atoms with van der Waals surface area (Å²) in [5.41, 5.74) is 4.37. The maximum atomic E-state index is 11.1. The molecule has 1 aromatic heterocycles. The van der Waals surface area contributed by atoms with Crippen molar-refractivity contribution in [3.63, 3.8) is 0 Å². The predicted molar refractivity (Wildman–Crippen MR) is 121 cm³/mol. The molecule has 0 spiro atoms. The second-order valence-electron chi connectivity index (χ2n) is 6.81. The van der Waals surface area contributed by atoms with Crippen LogP contribution in [-0.2, 0) is 4.74 Å². The monoisotopic (exact) mass is 456 g/mol. The average molecular weight is 457 g/mol. The summed E-state index contributed by atoms with van der Waals surface area (Å²) in [6.45, 7) is 2.50. The first kappa shape index (κ1) is 21.9. The molecule has 166 valence electrons. The molecule has 2 aromatic carbocycles. The minimum Gasteiger partial charge on any atom is -0.595 e. The molecule has 11 nitrogen and oxygen atoms in total. The van der Waals surface area contributed by atoms with E-state index in [1.165, 1.54) is 18.3 Å². The fourth-order valence-electron chi connectivity index (χ4n) is 2.95. The Balaban J connectivity index is 1.55. The van der Waals surface area contributed by atoms with E-state index in [0.29, 0.717) is 48.8 Å². The SMILES string of the molecule is [O-][NH+](O)c1cccc(C=NNc2nc(Nc3ccc(Cl)cc3)nc(N3CCOCC3)n2)c1. The lowest BCUT2D eigenvalue weighted by atomic mass is 10.2. The molecular weight excluding hydrogens is 436 g/mol. The number of rotatable bonds is 7. The summed E-state index contributed by atoms with van der Waals surface area (Å²) in [5.74, 6) is 1.07. The van der Waals surface area contributed by atoms with Gasteiger partial charge in [-0.25, -0.2) is 10.6 Å². The molecule has 4 rings (SSSR count). The minimum atomic E-state index is -1.00. The molecule has 0 amide bonds. The average Bonchev–Trinajstić information content (AvgIpc) is 2.81. The first-order valence-corrected chi connectivity index (χ1v) is 10.2. The second-order valence-corrected chi connectivity index (χ2v) is 7.25. The molecule has 12 heteroatoms. The molecule has 0 radical (unpaired) electrons. The van der Waals surface area contributed by atoms with Crippen LogP contribution in [0.2, 0.25) is 5.02 Å². The third kappa shape index (κ3) is 5.87. The normalized spacial score (nSPS) is 15.0. The zero-order valence-electron chi connectivity index (χ0n) is 16.9. The number of nitrogens with one attached hydrogen (secondary N) is 3. The van der Waals surface area contributed by atoms with Crippen LogP contribution in [-0.4, -0.2) is 52.7 Å². The molecular formula is C20H21ClN8O3. The number of hydrogen-bond donors (Lipinski definition) is 4. The van der Waals surface area contributed by atoms with Gasteiger partial charge in [-0.1, -0.05) is 23.7 Å². The van der Waals surface area contributed by atoms with Crippen LogP contribution in [0.15, 0.2) is 53.6 Å². The summed E-state index contributed by atoms with van der Waals surface area (Å²) in [7, 11) is 0. The molecule has 1 fully saturated rings. The highest BCUT2D eigenvalue weighted by molar-refractivity contribution is 6.30. The summed E-state index contributed by atoms with van der Waals surface area (Å²) < 4.78 is 5.41. The number of benzene rings is 2. The summed E-state index contributed by atoms with van der Waals surface area (Å²) in [6, 6.07) is 13.6. The maximum Gasteiger partial charge on any atom is 0.250 e. The van der Waals surface area contributed by atoms with Crippen molar-refractivity contribution in [2.45, 2.75) is 0 Å². The van der Waals surface area contributed by atoms with Gasteiger partial charge in [0, 0.05) is 41.5 Å². The third-order valence-corrected chi connectivity index (χ3v) is 4.78. The summed E-state index contributed by atoms with van der Waals surface area (Å²) in [4.78, 5) is 15.4. The molecule has 1 atom stereocenters. The smallest absolute Gasteiger partial charge is 0.250 e. The summed E-state index contributed by atoms with van der Waals surface area (Å²) in [6.07, 6.45) is 1.50. The molecule has 0 aliphatic carbocycles. The highest BCUT2D eigenvalue weighted by Gasteiger charge is 2.16. The van der Waals surface area contributed by atoms with Gasteiger partial charge in [-0.3, -0.25) is 0 Å². The van der Waals surface area contributed by atoms with Gasteiger partial charge in [0.15, 0.2) is 5.69 Å². The number of hydrogen-bond acceptors (Lipinski definition) is 10. The molecule has 1 aliphatic rings. The van der Waals surface area contributed by atoms with Crippen LogP contribution in [0.25, 0.3) is 0 Å². The van der Waals surface area contributed by atoms with Crippen molar-refractivity contribution >= 4 is 47.0 Å². The van der Waals surface area contributed by atoms with Crippen molar-refractivity contribution in [2.75, 3.05) is 41.9 Å². The lowest BCUT2D eigenvalue weighted by Gasteiger charge is -2.27. The van der Waals surface area contributed by atoms with E-state index in [0.717, 1.165) is 5.69 Å². The molecule has 1 saturated heterocycles. The van der Waals surface area contributed by atoms with Gasteiger partial charge < -0.3 is 20.2 Å². The summed E-state index contributed by atoms with van der Waals surface area (Å²) in [5, 5.41) is 27.2. The van der Waals surface area contributed by atoms with Crippen LogP contribution in [0, 0.1) is 5.21 Å². The van der Waals surface area contributed by atoms with Crippen molar-refractivity contribution in [3.05, 3.63) is 64.3 Å². The highest BCUT2D eigenvalue weighted by atomic mass is 35.5. The third-order valence-electron chi connectivity index (χ3n) is 4.53. The van der Waals surface area contributed by atoms with Crippen LogP contribution in [0.5, 0.6) is 0 Å². The van der Waals surface area contributed by atoms with Gasteiger partial charge in [0.1, 0.15) is 0 Å². The first-order valence-electron chi connectivity index (χ1n) is 9.80. The number of quaternary nitrogens is 1. The Morgan fingerprint density at radius 1 is 1.09 bits per heavy atom. The van der Waals surface area contributed by atoms with Crippen LogP contribution >= 0.6 is 11.6 Å². The van der Waals surface area contributed by atoms with Crippen molar-refractivity contribution < 1.29 is 15.2 Å². The molecule has 0 bridgehead atoms. The van der Waals surface area contributed by atoms with Gasteiger partial charge >= 0.3 is 0 Å². The summed E-state index contributed by atoms with van der Waals surface area (Å²) >= 11 is 5.96. The standard InChI is InChI=1S/C20H21ClN8O3/c21-15-4-6-16(7-5-15)23-18-24-19(26-20(25-18)28-8-10-32-11-9-28)27-22-13-14-2-1-3-17(12-14)29(30)31/h1-7,12-13,29-30H,8-11H2,(H2,23,24,25,26,27). The van der Waals surface area contributed by atoms with Crippen molar-refractivity contribution in [3.8, 4) is 0 Å². The molecule has 4 N–H and O–H groups in total. The van der Waals surface area contributed by atoms with E-state index in [1.807, 2.05) is 17.0 Å². The van der Waals surface area contributed by atoms with Crippen molar-refractivity contribution in [2.24, 2.45) is 5.10 Å². The molecule has 0 saturated carbocycles. The zero-order chi connectivity index (χ0) is 22.3. The van der Waals surface area contributed by atoms with E-state index in [9.17, 15) is 5.21 Å². The van der Waals surface area contributed by atoms with E-state index in [1.54, 1.807) is 24.3 Å². The molecule has 32 heavy (non-hydrogen) atoms. The highest BCUT2D eigenvalue weighted by Crippen LogP contribution is 2.20. The van der Waals surface area contributed by atoms with Gasteiger partial charge in [-0.05, 0) is 24.3 Å². The molecule has 1 aliphatic heterocycles. The predicted octanol–water partition coefficient (Wildman–Crippen LogP) is 1.95. The number of ether oxygens (including phenoxy) is 1. The molecule has 3 aromatic rings. The van der Waals surface area contributed by atoms with Gasteiger partial charge in [-0.2, -0.15) is 25.3 Å². The van der Waals surface area contributed by atoms with Crippen LogP contribution in [0.3, 0.4) is 0 Å². The fraction of sp³-hybridized carbons (Fsp3) is 0.200. The minimum absolute atomic E-state index is 0.179. The van der Waals surface area contributed by atoms with Gasteiger partial charge in [0.2, 0.25) is 17.8 Å². The second kappa shape index (κ2) is 10.3. The number of nitrogens with zero attached hydrogens (tertiary/aromatic N) is 5. The number of hydrazone groups is 1. The van der Waals surface area contributed by atoms with E-state index in [-0.39, 0.29) is 11.6 Å². The van der Waals surface area contributed by atoms with E-state index >= 15 is 0 Å². The Hall–Kier alpha value is -3.35. The lowest BCUT2D eigenvalue weighted by molar-refractivity contribution is -0.991. The number of anilines is 4. The number of halogens is 1. The van der Waals surface area contributed by atoms with Crippen molar-refractivity contribution in [1.82, 2.24) is 15.0 Å². The van der Waals surface area contributed by atoms with Crippen LogP contribution < -0.4 is 20.9 Å².